The highest BCUT2D eigenvalue weighted by Crippen LogP contribution is 2.20. The van der Waals surface area contributed by atoms with Crippen LogP contribution in [0.4, 0.5) is 5.69 Å². The summed E-state index contributed by atoms with van der Waals surface area (Å²) >= 11 is 6.03. The summed E-state index contributed by atoms with van der Waals surface area (Å²) in [6.45, 7) is 0. The van der Waals surface area contributed by atoms with Crippen molar-refractivity contribution in [1.82, 2.24) is 4.98 Å². The molecule has 1 amide bonds. The monoisotopic (exact) mass is 302 g/mol. The maximum atomic E-state index is 12.0. The molecule has 0 bridgehead atoms. The van der Waals surface area contributed by atoms with Gasteiger partial charge in [-0.15, -0.1) is 0 Å². The fourth-order valence-corrected chi connectivity index (χ4v) is 1.85. The van der Waals surface area contributed by atoms with Crippen LogP contribution in [0.15, 0.2) is 48.8 Å². The SMILES string of the molecule is O=C(O)/C=C/c1ccc(C(=O)Nc2ccncc2)cc1Cl. The number of rotatable bonds is 4. The topological polar surface area (TPSA) is 79.3 Å². The van der Waals surface area contributed by atoms with Crippen molar-refractivity contribution in [1.29, 1.82) is 0 Å². The van der Waals surface area contributed by atoms with Gasteiger partial charge < -0.3 is 10.4 Å². The summed E-state index contributed by atoms with van der Waals surface area (Å²) in [6.07, 6.45) is 5.50. The predicted molar refractivity (Wildman–Crippen MR) is 80.3 cm³/mol. The van der Waals surface area contributed by atoms with Gasteiger partial charge in [0.2, 0.25) is 0 Å². The first-order chi connectivity index (χ1) is 10.1. The van der Waals surface area contributed by atoms with Crippen LogP contribution >= 0.6 is 11.6 Å². The molecular weight excluding hydrogens is 292 g/mol. The van der Waals surface area contributed by atoms with Crippen LogP contribution in [0.1, 0.15) is 15.9 Å². The van der Waals surface area contributed by atoms with E-state index in [0.717, 1.165) is 6.08 Å². The molecule has 0 radical (unpaired) electrons. The second-order valence-electron chi connectivity index (χ2n) is 4.10. The lowest BCUT2D eigenvalue weighted by Crippen LogP contribution is -2.11. The van der Waals surface area contributed by atoms with E-state index < -0.39 is 5.97 Å². The summed E-state index contributed by atoms with van der Waals surface area (Å²) in [6, 6.07) is 7.99. The van der Waals surface area contributed by atoms with E-state index in [4.69, 9.17) is 16.7 Å². The molecule has 0 fully saturated rings. The number of aliphatic carboxylic acids is 1. The molecule has 2 aromatic rings. The van der Waals surface area contributed by atoms with E-state index in [9.17, 15) is 9.59 Å². The van der Waals surface area contributed by atoms with Gasteiger partial charge in [-0.05, 0) is 35.9 Å². The Morgan fingerprint density at radius 1 is 1.19 bits per heavy atom. The first-order valence-corrected chi connectivity index (χ1v) is 6.36. The number of carboxylic acids is 1. The van der Waals surface area contributed by atoms with Crippen molar-refractivity contribution in [2.45, 2.75) is 0 Å². The minimum Gasteiger partial charge on any atom is -0.478 e. The Labute approximate surface area is 125 Å². The summed E-state index contributed by atoms with van der Waals surface area (Å²) in [7, 11) is 0. The van der Waals surface area contributed by atoms with Crippen LogP contribution in [-0.4, -0.2) is 22.0 Å². The third kappa shape index (κ3) is 4.15. The smallest absolute Gasteiger partial charge is 0.328 e. The van der Waals surface area contributed by atoms with Crippen molar-refractivity contribution < 1.29 is 14.7 Å². The van der Waals surface area contributed by atoms with Gasteiger partial charge >= 0.3 is 5.97 Å². The molecule has 0 spiro atoms. The number of benzene rings is 1. The predicted octanol–water partition coefficient (Wildman–Crippen LogP) is 3.09. The first-order valence-electron chi connectivity index (χ1n) is 5.98. The zero-order chi connectivity index (χ0) is 15.2. The van der Waals surface area contributed by atoms with Gasteiger partial charge in [0.25, 0.3) is 5.91 Å². The Balaban J connectivity index is 2.16. The fourth-order valence-electron chi connectivity index (χ4n) is 1.60. The molecule has 5 nitrogen and oxygen atoms in total. The van der Waals surface area contributed by atoms with Crippen LogP contribution in [-0.2, 0) is 4.79 Å². The summed E-state index contributed by atoms with van der Waals surface area (Å²) in [5.74, 6) is -1.37. The van der Waals surface area contributed by atoms with Crippen LogP contribution in [0.25, 0.3) is 6.08 Å². The summed E-state index contributed by atoms with van der Waals surface area (Å²) in [4.78, 5) is 26.4. The maximum absolute atomic E-state index is 12.0. The van der Waals surface area contributed by atoms with E-state index in [2.05, 4.69) is 10.3 Å². The number of halogens is 1. The molecule has 0 unspecified atom stereocenters. The minimum atomic E-state index is -1.06. The van der Waals surface area contributed by atoms with Crippen molar-refractivity contribution in [3.8, 4) is 0 Å². The number of aromatic nitrogens is 1. The summed E-state index contributed by atoms with van der Waals surface area (Å²) in [5, 5.41) is 11.6. The van der Waals surface area contributed by atoms with Crippen LogP contribution in [0.2, 0.25) is 5.02 Å². The minimum absolute atomic E-state index is 0.301. The average Bonchev–Trinajstić information content (AvgIpc) is 2.46. The van der Waals surface area contributed by atoms with E-state index in [1.165, 1.54) is 12.1 Å². The molecule has 0 atom stereocenters. The highest BCUT2D eigenvalue weighted by Gasteiger charge is 2.08. The van der Waals surface area contributed by atoms with Crippen molar-refractivity contribution in [3.63, 3.8) is 0 Å². The number of pyridine rings is 1. The van der Waals surface area contributed by atoms with E-state index in [-0.39, 0.29) is 5.91 Å². The van der Waals surface area contributed by atoms with E-state index in [0.29, 0.717) is 21.8 Å². The van der Waals surface area contributed by atoms with Gasteiger partial charge in [-0.2, -0.15) is 0 Å². The molecule has 2 N–H and O–H groups in total. The van der Waals surface area contributed by atoms with Gasteiger partial charge in [-0.3, -0.25) is 9.78 Å². The second-order valence-corrected chi connectivity index (χ2v) is 4.51. The standard InChI is InChI=1S/C15H11ClN2O3/c16-13-9-11(2-1-10(13)3-4-14(19)20)15(21)18-12-5-7-17-8-6-12/h1-9H,(H,19,20)(H,17,18,21)/b4-3+. The quantitative estimate of drug-likeness (QED) is 0.851. The van der Waals surface area contributed by atoms with Gasteiger partial charge in [-0.1, -0.05) is 17.7 Å². The number of nitrogens with one attached hydrogen (secondary N) is 1. The highest BCUT2D eigenvalue weighted by atomic mass is 35.5. The van der Waals surface area contributed by atoms with Gasteiger partial charge in [-0.25, -0.2) is 4.79 Å². The molecule has 6 heteroatoms. The highest BCUT2D eigenvalue weighted by molar-refractivity contribution is 6.32. The molecule has 0 saturated heterocycles. The van der Waals surface area contributed by atoms with Gasteiger partial charge in [0.15, 0.2) is 0 Å². The fraction of sp³-hybridized carbons (Fsp3) is 0. The molecule has 0 saturated carbocycles. The molecule has 1 heterocycles. The van der Waals surface area contributed by atoms with Crippen molar-refractivity contribution in [3.05, 3.63) is 65.0 Å². The molecule has 106 valence electrons. The van der Waals surface area contributed by atoms with Gasteiger partial charge in [0, 0.05) is 34.7 Å². The number of amides is 1. The van der Waals surface area contributed by atoms with E-state index in [1.807, 2.05) is 0 Å². The number of nitrogens with zero attached hydrogens (tertiary/aromatic N) is 1. The zero-order valence-electron chi connectivity index (χ0n) is 10.8. The Bertz CT molecular complexity index is 699. The van der Waals surface area contributed by atoms with Crippen LogP contribution < -0.4 is 5.32 Å². The Kier molecular flexibility index (Phi) is 4.68. The van der Waals surface area contributed by atoms with Crippen LogP contribution in [0.5, 0.6) is 0 Å². The van der Waals surface area contributed by atoms with Crippen molar-refractivity contribution in [2.24, 2.45) is 0 Å². The average molecular weight is 303 g/mol. The number of carbonyl (C=O) groups excluding carboxylic acids is 1. The molecule has 21 heavy (non-hydrogen) atoms. The van der Waals surface area contributed by atoms with Gasteiger partial charge in [0.1, 0.15) is 0 Å². The number of carboxylic acid groups (broad SMARTS) is 1. The van der Waals surface area contributed by atoms with Gasteiger partial charge in [0.05, 0.1) is 0 Å². The maximum Gasteiger partial charge on any atom is 0.328 e. The van der Waals surface area contributed by atoms with E-state index >= 15 is 0 Å². The third-order valence-electron chi connectivity index (χ3n) is 2.61. The summed E-state index contributed by atoms with van der Waals surface area (Å²) < 4.78 is 0. The first kappa shape index (κ1) is 14.7. The largest absolute Gasteiger partial charge is 0.478 e. The Hall–Kier alpha value is -2.66. The molecule has 1 aromatic heterocycles. The molecule has 0 aliphatic carbocycles. The Morgan fingerprint density at radius 3 is 2.52 bits per heavy atom. The molecule has 0 aliphatic heterocycles. The lowest BCUT2D eigenvalue weighted by atomic mass is 10.1. The molecular formula is C15H11ClN2O3. The van der Waals surface area contributed by atoms with Crippen molar-refractivity contribution in [2.75, 3.05) is 5.32 Å². The number of anilines is 1. The lowest BCUT2D eigenvalue weighted by Gasteiger charge is -2.06. The van der Waals surface area contributed by atoms with Crippen LogP contribution in [0, 0.1) is 0 Å². The number of carbonyl (C=O) groups is 2. The summed E-state index contributed by atoms with van der Waals surface area (Å²) in [5.41, 5.74) is 1.53. The number of hydrogen-bond acceptors (Lipinski definition) is 3. The second kappa shape index (κ2) is 6.67. The number of hydrogen-bond donors (Lipinski definition) is 2. The van der Waals surface area contributed by atoms with Crippen LogP contribution in [0.3, 0.4) is 0 Å². The molecule has 2 rings (SSSR count). The van der Waals surface area contributed by atoms with E-state index in [1.54, 1.807) is 36.7 Å². The molecule has 0 aliphatic rings. The lowest BCUT2D eigenvalue weighted by molar-refractivity contribution is -0.131. The third-order valence-corrected chi connectivity index (χ3v) is 2.93. The van der Waals surface area contributed by atoms with Crippen molar-refractivity contribution >= 4 is 35.2 Å². The Morgan fingerprint density at radius 2 is 1.90 bits per heavy atom. The normalized spacial score (nSPS) is 10.5. The zero-order valence-corrected chi connectivity index (χ0v) is 11.5. The molecule has 1 aromatic carbocycles.